The highest BCUT2D eigenvalue weighted by atomic mass is 32.2. The average molecular weight is 412 g/mol. The number of amides is 1. The van der Waals surface area contributed by atoms with Gasteiger partial charge in [0, 0.05) is 23.9 Å². The van der Waals surface area contributed by atoms with E-state index in [4.69, 9.17) is 0 Å². The molecule has 1 atom stereocenters. The number of thioether (sulfide) groups is 1. The van der Waals surface area contributed by atoms with Crippen molar-refractivity contribution in [3.8, 4) is 0 Å². The fourth-order valence-corrected chi connectivity index (χ4v) is 3.87. The smallest absolute Gasteiger partial charge is 0.253 e. The van der Waals surface area contributed by atoms with E-state index in [2.05, 4.69) is 59.4 Å². The van der Waals surface area contributed by atoms with Crippen LogP contribution in [-0.2, 0) is 11.2 Å². The molecule has 1 aromatic carbocycles. The second kappa shape index (κ2) is 8.95. The molecule has 0 spiro atoms. The van der Waals surface area contributed by atoms with E-state index in [1.807, 2.05) is 20.8 Å². The fraction of sp³-hybridized carbons (Fsp3) is 0.455. The number of benzene rings is 1. The number of nitrogens with zero attached hydrogens (tertiary/aromatic N) is 4. The van der Waals surface area contributed by atoms with Gasteiger partial charge in [0.15, 0.2) is 0 Å². The maximum Gasteiger partial charge on any atom is 0.253 e. The summed E-state index contributed by atoms with van der Waals surface area (Å²) in [6, 6.07) is 6.71. The quantitative estimate of drug-likeness (QED) is 0.596. The summed E-state index contributed by atoms with van der Waals surface area (Å²) in [7, 11) is 0. The van der Waals surface area contributed by atoms with E-state index in [1.54, 1.807) is 4.52 Å². The maximum atomic E-state index is 12.0. The van der Waals surface area contributed by atoms with Crippen LogP contribution in [0.2, 0.25) is 0 Å². The molecule has 7 heteroatoms. The third-order valence-corrected chi connectivity index (χ3v) is 6.09. The molecule has 0 aliphatic rings. The number of carbonyl (C=O) groups is 1. The molecule has 6 nitrogen and oxygen atoms in total. The Kier molecular flexibility index (Phi) is 6.57. The third-order valence-electron chi connectivity index (χ3n) is 5.25. The van der Waals surface area contributed by atoms with Crippen LogP contribution in [0, 0.1) is 27.7 Å². The lowest BCUT2D eigenvalue weighted by molar-refractivity contribution is -0.119. The van der Waals surface area contributed by atoms with Crippen molar-refractivity contribution in [1.29, 1.82) is 0 Å². The molecule has 0 fully saturated rings. The predicted octanol–water partition coefficient (Wildman–Crippen LogP) is 3.96. The molecule has 1 amide bonds. The molecule has 0 aliphatic carbocycles. The highest BCUT2D eigenvalue weighted by Gasteiger charge is 2.16. The normalized spacial score (nSPS) is 12.3. The lowest BCUT2D eigenvalue weighted by Gasteiger charge is -2.12. The van der Waals surface area contributed by atoms with Gasteiger partial charge >= 0.3 is 0 Å². The van der Waals surface area contributed by atoms with Crippen molar-refractivity contribution < 1.29 is 4.79 Å². The SMILES string of the molecule is CC[C@@H](C)NC(=O)CSc1nc2nc(C)c(Cc3cc(C)ccc3C)c(C)n2n1. The second-order valence-corrected chi connectivity index (χ2v) is 8.58. The number of carbonyl (C=O) groups excluding carboxylic acids is 1. The Labute approximate surface area is 176 Å². The number of hydrogen-bond acceptors (Lipinski definition) is 5. The van der Waals surface area contributed by atoms with Crippen LogP contribution in [0.4, 0.5) is 0 Å². The Morgan fingerprint density at radius 2 is 1.97 bits per heavy atom. The molecule has 154 valence electrons. The van der Waals surface area contributed by atoms with Gasteiger partial charge < -0.3 is 5.32 Å². The number of rotatable bonds is 7. The molecule has 1 N–H and O–H groups in total. The molecule has 0 saturated heterocycles. The van der Waals surface area contributed by atoms with Crippen LogP contribution >= 0.6 is 11.8 Å². The third kappa shape index (κ3) is 4.96. The van der Waals surface area contributed by atoms with E-state index < -0.39 is 0 Å². The van der Waals surface area contributed by atoms with Gasteiger partial charge in [0.05, 0.1) is 5.75 Å². The molecule has 0 bridgehead atoms. The zero-order chi connectivity index (χ0) is 21.1. The van der Waals surface area contributed by atoms with E-state index in [-0.39, 0.29) is 11.9 Å². The Bertz CT molecular complexity index is 1040. The molecular weight excluding hydrogens is 382 g/mol. The monoisotopic (exact) mass is 411 g/mol. The van der Waals surface area contributed by atoms with Crippen molar-refractivity contribution in [3.05, 3.63) is 51.8 Å². The first kappa shape index (κ1) is 21.3. The largest absolute Gasteiger partial charge is 0.353 e. The maximum absolute atomic E-state index is 12.0. The van der Waals surface area contributed by atoms with Crippen molar-refractivity contribution >= 4 is 23.4 Å². The van der Waals surface area contributed by atoms with Gasteiger partial charge in [-0.2, -0.15) is 4.98 Å². The molecular formula is C22H29N5OS. The lowest BCUT2D eigenvalue weighted by Crippen LogP contribution is -2.33. The number of hydrogen-bond donors (Lipinski definition) is 1. The van der Waals surface area contributed by atoms with Gasteiger partial charge in [0.2, 0.25) is 11.1 Å². The summed E-state index contributed by atoms with van der Waals surface area (Å²) in [6.45, 7) is 12.4. The van der Waals surface area contributed by atoms with Gasteiger partial charge in [-0.05, 0) is 57.7 Å². The number of aromatic nitrogens is 4. The van der Waals surface area contributed by atoms with Gasteiger partial charge in [-0.15, -0.1) is 5.10 Å². The van der Waals surface area contributed by atoms with E-state index in [0.717, 1.165) is 24.2 Å². The Balaban J connectivity index is 1.83. The number of nitrogens with one attached hydrogen (secondary N) is 1. The minimum atomic E-state index is -0.000297. The zero-order valence-electron chi connectivity index (χ0n) is 18.0. The predicted molar refractivity (Wildman–Crippen MR) is 118 cm³/mol. The van der Waals surface area contributed by atoms with Crippen LogP contribution in [0.3, 0.4) is 0 Å². The van der Waals surface area contributed by atoms with Crippen LogP contribution < -0.4 is 5.32 Å². The first-order chi connectivity index (χ1) is 13.8. The summed E-state index contributed by atoms with van der Waals surface area (Å²) in [5.74, 6) is 0.878. The summed E-state index contributed by atoms with van der Waals surface area (Å²) >= 11 is 1.34. The molecule has 2 aromatic heterocycles. The van der Waals surface area contributed by atoms with Crippen molar-refractivity contribution in [1.82, 2.24) is 24.9 Å². The van der Waals surface area contributed by atoms with Crippen molar-refractivity contribution in [2.24, 2.45) is 0 Å². The summed E-state index contributed by atoms with van der Waals surface area (Å²) in [5.41, 5.74) is 7.00. The molecule has 0 unspecified atom stereocenters. The van der Waals surface area contributed by atoms with Gasteiger partial charge in [0.1, 0.15) is 0 Å². The van der Waals surface area contributed by atoms with Gasteiger partial charge in [0.25, 0.3) is 5.78 Å². The summed E-state index contributed by atoms with van der Waals surface area (Å²) in [4.78, 5) is 21.2. The molecule has 29 heavy (non-hydrogen) atoms. The molecule has 2 heterocycles. The van der Waals surface area contributed by atoms with Crippen LogP contribution in [0.15, 0.2) is 23.4 Å². The standard InChI is InChI=1S/C22H29N5OS/c1-7-15(4)23-20(28)12-29-22-25-21-24-16(5)19(17(6)27(21)26-22)11-18-10-13(2)8-9-14(18)3/h8-10,15H,7,11-12H2,1-6H3,(H,23,28)/t15-/m1/s1. The first-order valence-electron chi connectivity index (χ1n) is 9.99. The molecule has 0 saturated carbocycles. The minimum absolute atomic E-state index is 0.000297. The van der Waals surface area contributed by atoms with Gasteiger partial charge in [-0.25, -0.2) is 9.50 Å². The molecule has 0 radical (unpaired) electrons. The Hall–Kier alpha value is -2.41. The fourth-order valence-electron chi connectivity index (χ4n) is 3.24. The number of fused-ring (bicyclic) bond motifs is 1. The van der Waals surface area contributed by atoms with E-state index >= 15 is 0 Å². The van der Waals surface area contributed by atoms with Crippen LogP contribution in [-0.4, -0.2) is 37.3 Å². The summed E-state index contributed by atoms with van der Waals surface area (Å²) < 4.78 is 1.79. The summed E-state index contributed by atoms with van der Waals surface area (Å²) in [5, 5.41) is 8.13. The second-order valence-electron chi connectivity index (χ2n) is 7.64. The first-order valence-corrected chi connectivity index (χ1v) is 11.0. The van der Waals surface area contributed by atoms with Crippen LogP contribution in [0.1, 0.15) is 53.9 Å². The molecule has 3 rings (SSSR count). The topological polar surface area (TPSA) is 72.2 Å². The molecule has 0 aliphatic heterocycles. The lowest BCUT2D eigenvalue weighted by atomic mass is 9.97. The van der Waals surface area contributed by atoms with Crippen molar-refractivity contribution in [2.75, 3.05) is 5.75 Å². The van der Waals surface area contributed by atoms with Crippen molar-refractivity contribution in [2.45, 2.75) is 65.6 Å². The Morgan fingerprint density at radius 3 is 2.69 bits per heavy atom. The van der Waals surface area contributed by atoms with Crippen LogP contribution in [0.5, 0.6) is 0 Å². The van der Waals surface area contributed by atoms with Gasteiger partial charge in [-0.1, -0.05) is 42.4 Å². The average Bonchev–Trinajstić information content (AvgIpc) is 3.09. The number of aryl methyl sites for hydroxylation is 4. The van der Waals surface area contributed by atoms with E-state index in [9.17, 15) is 4.79 Å². The highest BCUT2D eigenvalue weighted by Crippen LogP contribution is 2.22. The van der Waals surface area contributed by atoms with E-state index in [0.29, 0.717) is 16.7 Å². The minimum Gasteiger partial charge on any atom is -0.353 e. The van der Waals surface area contributed by atoms with Gasteiger partial charge in [-0.3, -0.25) is 4.79 Å². The van der Waals surface area contributed by atoms with Crippen molar-refractivity contribution in [3.63, 3.8) is 0 Å². The molecule has 3 aromatic rings. The zero-order valence-corrected chi connectivity index (χ0v) is 18.9. The highest BCUT2D eigenvalue weighted by molar-refractivity contribution is 7.99. The Morgan fingerprint density at radius 1 is 1.21 bits per heavy atom. The van der Waals surface area contributed by atoms with E-state index in [1.165, 1.54) is 34.0 Å². The van der Waals surface area contributed by atoms with Crippen LogP contribution in [0.25, 0.3) is 5.78 Å². The summed E-state index contributed by atoms with van der Waals surface area (Å²) in [6.07, 6.45) is 1.72.